The van der Waals surface area contributed by atoms with E-state index in [-0.39, 0.29) is 87.5 Å². The highest BCUT2D eigenvalue weighted by Crippen LogP contribution is 2.30. The molecule has 0 bridgehead atoms. The van der Waals surface area contributed by atoms with E-state index in [1.54, 1.807) is 77.2 Å². The van der Waals surface area contributed by atoms with Gasteiger partial charge in [0.15, 0.2) is 0 Å². The Hall–Kier alpha value is -6.57. The molecule has 2 aromatic carbocycles. The Balaban J connectivity index is 1.29. The van der Waals surface area contributed by atoms with Gasteiger partial charge in [-0.05, 0) is 60.3 Å². The summed E-state index contributed by atoms with van der Waals surface area (Å²) in [4.78, 5) is 121. The maximum Gasteiger partial charge on any atom is 0.410 e. The van der Waals surface area contributed by atoms with Crippen molar-refractivity contribution in [3.05, 3.63) is 82.3 Å². The molecule has 4 rings (SSSR count). The smallest absolute Gasteiger partial charge is 0.410 e. The van der Waals surface area contributed by atoms with Crippen molar-refractivity contribution in [2.75, 3.05) is 73.1 Å². The summed E-state index contributed by atoms with van der Waals surface area (Å²) in [5.41, 5.74) is 2.05. The Morgan fingerprint density at radius 1 is 0.793 bits per heavy atom. The van der Waals surface area contributed by atoms with Crippen molar-refractivity contribution >= 4 is 64.5 Å². The monoisotopic (exact) mass is 1160 g/mol. The highest BCUT2D eigenvalue weighted by Gasteiger charge is 2.43. The van der Waals surface area contributed by atoms with E-state index >= 15 is 0 Å². The molecule has 0 saturated carbocycles. The van der Waals surface area contributed by atoms with Crippen LogP contribution in [-0.2, 0) is 70.4 Å². The predicted molar refractivity (Wildman–Crippen MR) is 309 cm³/mol. The summed E-state index contributed by atoms with van der Waals surface area (Å²) in [6, 6.07) is 13.2. The van der Waals surface area contributed by atoms with E-state index in [0.717, 1.165) is 17.0 Å². The molecular formula is C58H88N10O13S. The van der Waals surface area contributed by atoms with E-state index < -0.39 is 78.4 Å². The van der Waals surface area contributed by atoms with Gasteiger partial charge in [-0.1, -0.05) is 97.4 Å². The average Bonchev–Trinajstić information content (AvgIpc) is 4.38. The molecule has 0 radical (unpaired) electrons. The van der Waals surface area contributed by atoms with Crippen LogP contribution in [0.1, 0.15) is 103 Å². The van der Waals surface area contributed by atoms with Crippen molar-refractivity contribution in [1.29, 1.82) is 0 Å². The maximum absolute atomic E-state index is 14.4. The summed E-state index contributed by atoms with van der Waals surface area (Å²) >= 11 is 1.47. The molecule has 3 unspecified atom stereocenters. The van der Waals surface area contributed by atoms with Crippen LogP contribution in [0, 0.1) is 23.7 Å². The van der Waals surface area contributed by atoms with Crippen molar-refractivity contribution in [2.45, 2.75) is 136 Å². The minimum absolute atomic E-state index is 0.0213. The van der Waals surface area contributed by atoms with Crippen LogP contribution in [0.2, 0.25) is 0 Å². The Kier molecular flexibility index (Phi) is 28.8. The lowest BCUT2D eigenvalue weighted by Crippen LogP contribution is -2.55. The second kappa shape index (κ2) is 34.8. The van der Waals surface area contributed by atoms with Crippen molar-refractivity contribution in [3.63, 3.8) is 0 Å². The number of nitrogens with one attached hydrogen (secondary N) is 5. The SMILES string of the molecule is CC[C@H](C)C([C@@H](CC(=O)N1CCC[C@H]1[C@H](OC)[C@@H](C)C(=O)N[C@@H](Cc1ccccc1)c1nccs1)OC)N(C)C(=O)CNC(=O)C(C(C)C)N(C)C(=O)OCc1ccc(NC(=O)CNC(=O)C(NC(=O)CCOCCON)C(C)C)cc1. The zero-order chi connectivity index (χ0) is 60.5. The number of methoxy groups -OCH3 is 2. The van der Waals surface area contributed by atoms with Gasteiger partial charge in [0.1, 0.15) is 23.7 Å². The number of hydrogen-bond acceptors (Lipinski definition) is 16. The number of hydrogen-bond donors (Lipinski definition) is 6. The van der Waals surface area contributed by atoms with Crippen LogP contribution in [0.15, 0.2) is 66.2 Å². The van der Waals surface area contributed by atoms with Crippen LogP contribution in [0.25, 0.3) is 0 Å². The first-order valence-corrected chi connectivity index (χ1v) is 28.9. The van der Waals surface area contributed by atoms with Crippen molar-refractivity contribution in [1.82, 2.24) is 41.0 Å². The van der Waals surface area contributed by atoms with E-state index in [2.05, 4.69) is 36.4 Å². The number of ether oxygens (including phenoxy) is 4. The number of nitrogens with two attached hydrogens (primary N) is 1. The number of aromatic nitrogens is 1. The number of likely N-dealkylation sites (tertiary alicyclic amines) is 1. The zero-order valence-corrected chi connectivity index (χ0v) is 50.3. The first-order chi connectivity index (χ1) is 39.1. The lowest BCUT2D eigenvalue weighted by Gasteiger charge is -2.39. The number of nitrogens with zero attached hydrogens (tertiary/aromatic N) is 4. The molecule has 82 heavy (non-hydrogen) atoms. The van der Waals surface area contributed by atoms with E-state index in [9.17, 15) is 38.4 Å². The normalized spacial score (nSPS) is 16.2. The van der Waals surface area contributed by atoms with E-state index in [1.807, 2.05) is 56.5 Å². The first kappa shape index (κ1) is 67.9. The van der Waals surface area contributed by atoms with E-state index in [0.29, 0.717) is 37.1 Å². The third-order valence-electron chi connectivity index (χ3n) is 14.8. The van der Waals surface area contributed by atoms with Gasteiger partial charge in [-0.2, -0.15) is 0 Å². The third kappa shape index (κ3) is 20.7. The zero-order valence-electron chi connectivity index (χ0n) is 49.5. The van der Waals surface area contributed by atoms with E-state index in [4.69, 9.17) is 24.8 Å². The molecule has 1 fully saturated rings. The van der Waals surface area contributed by atoms with Gasteiger partial charge in [0.2, 0.25) is 41.4 Å². The fourth-order valence-corrected chi connectivity index (χ4v) is 10.8. The summed E-state index contributed by atoms with van der Waals surface area (Å²) in [5, 5.41) is 16.5. The molecular weight excluding hydrogens is 1080 g/mol. The Bertz CT molecular complexity index is 2490. The summed E-state index contributed by atoms with van der Waals surface area (Å²) in [5.74, 6) is 0.727. The number of benzene rings is 2. The molecule has 24 heteroatoms. The Labute approximate surface area is 486 Å². The number of rotatable bonds is 34. The van der Waals surface area contributed by atoms with E-state index in [1.165, 1.54) is 35.3 Å². The van der Waals surface area contributed by atoms with Gasteiger partial charge in [0, 0.05) is 58.5 Å². The lowest BCUT2D eigenvalue weighted by atomic mass is 9.90. The van der Waals surface area contributed by atoms with Crippen molar-refractivity contribution in [3.8, 4) is 0 Å². The molecule has 1 saturated heterocycles. The van der Waals surface area contributed by atoms with Gasteiger partial charge in [-0.15, -0.1) is 11.3 Å². The second-order valence-electron chi connectivity index (χ2n) is 21.3. The summed E-state index contributed by atoms with van der Waals surface area (Å²) in [6.07, 6.45) is 2.13. The van der Waals surface area contributed by atoms with Gasteiger partial charge < -0.3 is 60.2 Å². The topological polar surface area (TPSA) is 291 Å². The fraction of sp³-hybridized carbons (Fsp3) is 0.603. The number of thiazole rings is 1. The molecule has 0 spiro atoms. The molecule has 7 N–H and O–H groups in total. The van der Waals surface area contributed by atoms with Gasteiger partial charge >= 0.3 is 6.09 Å². The van der Waals surface area contributed by atoms with Crippen LogP contribution in [0.4, 0.5) is 10.5 Å². The fourth-order valence-electron chi connectivity index (χ4n) is 10.1. The molecule has 1 aliphatic heterocycles. The maximum atomic E-state index is 14.4. The highest BCUT2D eigenvalue weighted by molar-refractivity contribution is 7.09. The Morgan fingerprint density at radius 2 is 1.49 bits per heavy atom. The number of carbonyl (C=O) groups excluding carboxylic acids is 8. The van der Waals surface area contributed by atoms with Gasteiger partial charge in [0.05, 0.1) is 75.6 Å². The van der Waals surface area contributed by atoms with Crippen molar-refractivity contribution in [2.24, 2.45) is 29.6 Å². The summed E-state index contributed by atoms with van der Waals surface area (Å²) < 4.78 is 22.9. The third-order valence-corrected chi connectivity index (χ3v) is 15.7. The summed E-state index contributed by atoms with van der Waals surface area (Å²) in [6.45, 7) is 12.9. The Morgan fingerprint density at radius 3 is 2.10 bits per heavy atom. The molecule has 3 aromatic rings. The quantitative estimate of drug-likeness (QED) is 0.0358. The standard InChI is InChI=1S/C58H88N10O13S/c1-12-38(6)52(45(77-10)32-48(71)68-26-16-19-44(68)53(78-11)39(7)54(73)64-43(57-60-25-30-82-57)31-40-17-14-13-15-18-40)66(8)49(72)34-62-56(75)51(37(4)5)67(9)58(76)80-35-41-20-22-42(23-21-41)63-47(70)33-61-55(74)50(36(2)3)65-46(69)24-27-79-28-29-81-59/h13-15,17-18,20-23,25,30,36-39,43-45,50-53H,12,16,19,24,26-29,31-35,59H2,1-11H3,(H,61,74)(H,62,75)(H,63,70)(H,64,73)(H,65,69)/t38-,39+,43-,44-,45+,50?,51?,52?,53+/m0/s1. The molecule has 9 atom stereocenters. The van der Waals surface area contributed by atoms with Crippen LogP contribution < -0.4 is 32.5 Å². The van der Waals surface area contributed by atoms with Crippen LogP contribution in [-0.4, -0.2) is 171 Å². The number of likely N-dealkylation sites (N-methyl/N-ethyl adjacent to an activating group) is 2. The van der Waals surface area contributed by atoms with Crippen LogP contribution in [0.3, 0.4) is 0 Å². The average molecular weight is 1170 g/mol. The second-order valence-corrected chi connectivity index (χ2v) is 22.2. The lowest BCUT2D eigenvalue weighted by molar-refractivity contribution is -0.146. The highest BCUT2D eigenvalue weighted by atomic mass is 32.1. The minimum Gasteiger partial charge on any atom is -0.445 e. The largest absolute Gasteiger partial charge is 0.445 e. The molecule has 1 aromatic heterocycles. The number of anilines is 1. The van der Waals surface area contributed by atoms with Gasteiger partial charge in [0.25, 0.3) is 0 Å². The molecule has 1 aliphatic rings. The molecule has 0 aliphatic carbocycles. The summed E-state index contributed by atoms with van der Waals surface area (Å²) in [7, 11) is 6.13. The predicted octanol–water partition coefficient (Wildman–Crippen LogP) is 4.37. The molecule has 8 amide bonds. The minimum atomic E-state index is -1.01. The van der Waals surface area contributed by atoms with Gasteiger partial charge in [-0.3, -0.25) is 38.5 Å². The molecule has 454 valence electrons. The van der Waals surface area contributed by atoms with Crippen LogP contribution >= 0.6 is 11.3 Å². The molecule has 23 nitrogen and oxygen atoms in total. The first-order valence-electron chi connectivity index (χ1n) is 28.0. The number of carbonyl (C=O) groups is 8. The van der Waals surface area contributed by atoms with Crippen LogP contribution in [0.5, 0.6) is 0 Å². The van der Waals surface area contributed by atoms with Crippen molar-refractivity contribution < 1.29 is 62.1 Å². The molecule has 2 heterocycles. The number of amides is 8. The van der Waals surface area contributed by atoms with Gasteiger partial charge in [-0.25, -0.2) is 15.7 Å².